The summed E-state index contributed by atoms with van der Waals surface area (Å²) < 4.78 is 1.89. The molecule has 0 fully saturated rings. The summed E-state index contributed by atoms with van der Waals surface area (Å²) in [6.07, 6.45) is 4.38. The number of carbonyl (C=O) groups excluding carboxylic acids is 2. The average molecular weight is 352 g/mol. The van der Waals surface area contributed by atoms with E-state index in [0.29, 0.717) is 24.6 Å². The maximum atomic E-state index is 13.0. The Morgan fingerprint density at radius 1 is 1.31 bits per heavy atom. The topological polar surface area (TPSA) is 67.2 Å². The fraction of sp³-hybridized carbons (Fsp3) is 0.350. The zero-order valence-electron chi connectivity index (χ0n) is 15.1. The highest BCUT2D eigenvalue weighted by Gasteiger charge is 2.28. The highest BCUT2D eigenvalue weighted by atomic mass is 16.2. The van der Waals surface area contributed by atoms with Gasteiger partial charge in [-0.1, -0.05) is 36.4 Å². The van der Waals surface area contributed by atoms with Crippen molar-refractivity contribution in [3.05, 3.63) is 65.8 Å². The molecule has 6 heteroatoms. The molecule has 3 rings (SSSR count). The maximum Gasteiger partial charge on any atom is 0.287 e. The minimum absolute atomic E-state index is 0.151. The molecule has 0 saturated heterocycles. The molecule has 0 atom stereocenters. The Morgan fingerprint density at radius 3 is 2.81 bits per heavy atom. The second-order valence-electron chi connectivity index (χ2n) is 6.48. The molecule has 1 aromatic carbocycles. The molecule has 2 aromatic rings. The van der Waals surface area contributed by atoms with E-state index in [2.05, 4.69) is 16.9 Å². The number of amides is 2. The molecule has 0 radical (unpaired) electrons. The van der Waals surface area contributed by atoms with Crippen molar-refractivity contribution in [3.63, 3.8) is 0 Å². The van der Waals surface area contributed by atoms with Crippen molar-refractivity contribution < 1.29 is 9.59 Å². The Morgan fingerprint density at radius 2 is 2.08 bits per heavy atom. The zero-order chi connectivity index (χ0) is 18.5. The number of aromatic nitrogens is 2. The van der Waals surface area contributed by atoms with E-state index in [4.69, 9.17) is 0 Å². The minimum Gasteiger partial charge on any atom is -0.346 e. The lowest BCUT2D eigenvalue weighted by atomic mass is 10.1. The number of hydrogen-bond donors (Lipinski definition) is 1. The molecule has 136 valence electrons. The fourth-order valence-electron chi connectivity index (χ4n) is 3.24. The Kier molecular flexibility index (Phi) is 5.51. The summed E-state index contributed by atoms with van der Waals surface area (Å²) in [6, 6.07) is 9.83. The van der Waals surface area contributed by atoms with Crippen molar-refractivity contribution >= 4 is 11.8 Å². The molecule has 1 aromatic heterocycles. The summed E-state index contributed by atoms with van der Waals surface area (Å²) in [7, 11) is 1.77. The van der Waals surface area contributed by atoms with Gasteiger partial charge in [-0.2, -0.15) is 0 Å². The van der Waals surface area contributed by atoms with Gasteiger partial charge in [-0.05, 0) is 24.8 Å². The number of fused-ring (bicyclic) bond motifs is 1. The van der Waals surface area contributed by atoms with E-state index in [0.717, 1.165) is 37.1 Å². The summed E-state index contributed by atoms with van der Waals surface area (Å²) >= 11 is 0. The summed E-state index contributed by atoms with van der Waals surface area (Å²) in [5.74, 6) is -0.0990. The first kappa shape index (κ1) is 17.9. The van der Waals surface area contributed by atoms with Crippen LogP contribution in [0, 0.1) is 0 Å². The molecule has 1 aliphatic heterocycles. The Bertz CT molecular complexity index is 811. The van der Waals surface area contributed by atoms with E-state index in [-0.39, 0.29) is 11.8 Å². The van der Waals surface area contributed by atoms with Gasteiger partial charge in [-0.15, -0.1) is 6.58 Å². The number of nitrogens with one attached hydrogen (secondary N) is 1. The number of carbonyl (C=O) groups is 2. The van der Waals surface area contributed by atoms with Crippen LogP contribution in [-0.4, -0.2) is 39.9 Å². The molecule has 1 N–H and O–H groups in total. The lowest BCUT2D eigenvalue weighted by Crippen LogP contribution is -2.28. The smallest absolute Gasteiger partial charge is 0.287 e. The number of nitrogens with zero attached hydrogens (tertiary/aromatic N) is 3. The Labute approximate surface area is 153 Å². The maximum absolute atomic E-state index is 13.0. The van der Waals surface area contributed by atoms with Crippen LogP contribution in [0.5, 0.6) is 0 Å². The van der Waals surface area contributed by atoms with E-state index in [9.17, 15) is 9.59 Å². The van der Waals surface area contributed by atoms with Crippen molar-refractivity contribution in [2.45, 2.75) is 32.4 Å². The first-order valence-electron chi connectivity index (χ1n) is 8.89. The number of imidazole rings is 1. The highest BCUT2D eigenvalue weighted by molar-refractivity contribution is 5.97. The van der Waals surface area contributed by atoms with E-state index in [1.165, 1.54) is 0 Å². The molecular formula is C20H24N4O2. The van der Waals surface area contributed by atoms with Gasteiger partial charge in [0, 0.05) is 26.7 Å². The number of rotatable bonds is 6. The standard InChI is InChI=1S/C20H24N4O2/c1-3-12-21-19(25)18-22-17(16-11-7-8-13-24(16)18)20(26)23(2)14-15-9-5-4-6-10-15/h3-6,9-10H,1,7-8,11-14H2,2H3,(H,21,25). The molecule has 0 aliphatic carbocycles. The molecular weight excluding hydrogens is 328 g/mol. The zero-order valence-corrected chi connectivity index (χ0v) is 15.1. The average Bonchev–Trinajstić information content (AvgIpc) is 3.06. The fourth-order valence-corrected chi connectivity index (χ4v) is 3.24. The number of hydrogen-bond acceptors (Lipinski definition) is 3. The van der Waals surface area contributed by atoms with Crippen LogP contribution in [0.4, 0.5) is 0 Å². The monoisotopic (exact) mass is 352 g/mol. The molecule has 26 heavy (non-hydrogen) atoms. The van der Waals surface area contributed by atoms with Crippen LogP contribution in [0.25, 0.3) is 0 Å². The molecule has 2 heterocycles. The summed E-state index contributed by atoms with van der Waals surface area (Å²) in [4.78, 5) is 31.5. The molecule has 0 saturated carbocycles. The van der Waals surface area contributed by atoms with Crippen LogP contribution in [0.2, 0.25) is 0 Å². The van der Waals surface area contributed by atoms with Crippen molar-refractivity contribution in [1.29, 1.82) is 0 Å². The van der Waals surface area contributed by atoms with Gasteiger partial charge in [0.25, 0.3) is 11.8 Å². The predicted octanol–water partition coefficient (Wildman–Crippen LogP) is 2.41. The quantitative estimate of drug-likeness (QED) is 0.812. The van der Waals surface area contributed by atoms with Gasteiger partial charge in [0.1, 0.15) is 5.69 Å². The van der Waals surface area contributed by atoms with Gasteiger partial charge < -0.3 is 14.8 Å². The lowest BCUT2D eigenvalue weighted by Gasteiger charge is -2.19. The van der Waals surface area contributed by atoms with Crippen LogP contribution in [-0.2, 0) is 19.5 Å². The van der Waals surface area contributed by atoms with Gasteiger partial charge in [-0.25, -0.2) is 4.98 Å². The first-order valence-corrected chi connectivity index (χ1v) is 8.89. The second-order valence-corrected chi connectivity index (χ2v) is 6.48. The van der Waals surface area contributed by atoms with Gasteiger partial charge in [0.05, 0.1) is 5.69 Å². The molecule has 1 aliphatic rings. The van der Waals surface area contributed by atoms with Crippen LogP contribution in [0.3, 0.4) is 0 Å². The second kappa shape index (κ2) is 7.99. The normalized spacial score (nSPS) is 13.0. The largest absolute Gasteiger partial charge is 0.346 e. The highest BCUT2D eigenvalue weighted by Crippen LogP contribution is 2.22. The molecule has 2 amide bonds. The van der Waals surface area contributed by atoms with Crippen molar-refractivity contribution in [3.8, 4) is 0 Å². The van der Waals surface area contributed by atoms with E-state index in [1.807, 2.05) is 34.9 Å². The van der Waals surface area contributed by atoms with E-state index in [1.54, 1.807) is 18.0 Å². The third-order valence-electron chi connectivity index (χ3n) is 4.54. The summed E-state index contributed by atoms with van der Waals surface area (Å²) in [5, 5.41) is 2.75. The molecule has 0 unspecified atom stereocenters. The summed E-state index contributed by atoms with van der Waals surface area (Å²) in [6.45, 7) is 5.20. The minimum atomic E-state index is -0.266. The van der Waals surface area contributed by atoms with Gasteiger partial charge in [0.15, 0.2) is 5.82 Å². The molecule has 6 nitrogen and oxygen atoms in total. The lowest BCUT2D eigenvalue weighted by molar-refractivity contribution is 0.0778. The van der Waals surface area contributed by atoms with Crippen LogP contribution in [0.1, 0.15) is 45.2 Å². The number of benzene rings is 1. The van der Waals surface area contributed by atoms with Gasteiger partial charge in [0.2, 0.25) is 0 Å². The van der Waals surface area contributed by atoms with E-state index < -0.39 is 0 Å². The Balaban J connectivity index is 1.86. The van der Waals surface area contributed by atoms with E-state index >= 15 is 0 Å². The third kappa shape index (κ3) is 3.69. The third-order valence-corrected chi connectivity index (χ3v) is 4.54. The van der Waals surface area contributed by atoms with Gasteiger partial charge in [-0.3, -0.25) is 9.59 Å². The van der Waals surface area contributed by atoms with Gasteiger partial charge >= 0.3 is 0 Å². The SMILES string of the molecule is C=CCNC(=O)c1nc(C(=O)N(C)Cc2ccccc2)c2n1CCCC2. The van der Waals surface area contributed by atoms with Crippen molar-refractivity contribution in [2.75, 3.05) is 13.6 Å². The van der Waals surface area contributed by atoms with Crippen LogP contribution in [0.15, 0.2) is 43.0 Å². The predicted molar refractivity (Wildman–Crippen MR) is 99.9 cm³/mol. The Hall–Kier alpha value is -2.89. The van der Waals surface area contributed by atoms with Crippen molar-refractivity contribution in [1.82, 2.24) is 19.8 Å². The van der Waals surface area contributed by atoms with Crippen molar-refractivity contribution in [2.24, 2.45) is 0 Å². The first-order chi connectivity index (χ1) is 12.6. The molecule has 0 spiro atoms. The van der Waals surface area contributed by atoms with Crippen LogP contribution >= 0.6 is 0 Å². The molecule has 0 bridgehead atoms. The summed E-state index contributed by atoms with van der Waals surface area (Å²) in [5.41, 5.74) is 2.32. The van der Waals surface area contributed by atoms with Crippen LogP contribution < -0.4 is 5.32 Å².